The van der Waals surface area contributed by atoms with Crippen LogP contribution in [0.25, 0.3) is 11.1 Å². The Kier molecular flexibility index (Phi) is 4.32. The zero-order chi connectivity index (χ0) is 21.3. The first-order chi connectivity index (χ1) is 14.2. The fourth-order valence-corrected chi connectivity index (χ4v) is 6.57. The fourth-order valence-electron chi connectivity index (χ4n) is 6.57. The molecule has 4 atom stereocenters. The molecule has 0 unspecified atom stereocenters. The van der Waals surface area contributed by atoms with E-state index >= 15 is 0 Å². The number of aromatic hydroxyl groups is 1. The molecule has 5 heteroatoms. The van der Waals surface area contributed by atoms with Crippen LogP contribution in [-0.4, -0.2) is 10.9 Å². The second kappa shape index (κ2) is 6.60. The molecule has 2 aromatic rings. The molecule has 0 bridgehead atoms. The Morgan fingerprint density at radius 3 is 2.43 bits per heavy atom. The molecule has 0 aromatic heterocycles. The van der Waals surface area contributed by atoms with Crippen molar-refractivity contribution in [1.29, 1.82) is 0 Å². The van der Waals surface area contributed by atoms with Crippen LogP contribution in [0.3, 0.4) is 0 Å². The van der Waals surface area contributed by atoms with Gasteiger partial charge in [-0.25, -0.2) is 0 Å². The van der Waals surface area contributed by atoms with Crippen molar-refractivity contribution in [3.8, 4) is 16.9 Å². The summed E-state index contributed by atoms with van der Waals surface area (Å²) < 4.78 is 38.9. The maximum Gasteiger partial charge on any atom is 0.416 e. The summed E-state index contributed by atoms with van der Waals surface area (Å²) in [6, 6.07) is 8.75. The second-order valence-corrected chi connectivity index (χ2v) is 9.44. The van der Waals surface area contributed by atoms with Crippen molar-refractivity contribution >= 4 is 5.78 Å². The predicted octanol–water partition coefficient (Wildman–Crippen LogP) is 6.50. The third-order valence-corrected chi connectivity index (χ3v) is 8.10. The van der Waals surface area contributed by atoms with Gasteiger partial charge in [0.15, 0.2) is 0 Å². The number of fused-ring (bicyclic) bond motifs is 5. The highest BCUT2D eigenvalue weighted by molar-refractivity contribution is 5.87. The minimum atomic E-state index is -4.38. The average Bonchev–Trinajstić information content (AvgIpc) is 3.02. The number of phenolic OH excluding ortho intramolecular Hbond substituents is 1. The SMILES string of the molecule is C[C@]12CC[C@@H]3c4ccc(O)c(-c5ccc(C(F)(F)F)cc5)c4CC[C@H]3[C@@H]1CCC2=O. The molecule has 0 aliphatic heterocycles. The smallest absolute Gasteiger partial charge is 0.416 e. The lowest BCUT2D eigenvalue weighted by atomic mass is 9.55. The highest BCUT2D eigenvalue weighted by Crippen LogP contribution is 2.60. The molecule has 0 saturated heterocycles. The Morgan fingerprint density at radius 2 is 1.73 bits per heavy atom. The number of alkyl halides is 3. The van der Waals surface area contributed by atoms with Crippen molar-refractivity contribution in [2.75, 3.05) is 0 Å². The summed E-state index contributed by atoms with van der Waals surface area (Å²) in [5, 5.41) is 10.6. The Morgan fingerprint density at radius 1 is 1.00 bits per heavy atom. The summed E-state index contributed by atoms with van der Waals surface area (Å²) in [7, 11) is 0. The van der Waals surface area contributed by atoms with Gasteiger partial charge in [0.2, 0.25) is 0 Å². The third-order valence-electron chi connectivity index (χ3n) is 8.10. The van der Waals surface area contributed by atoms with E-state index in [1.807, 2.05) is 6.07 Å². The first kappa shape index (κ1) is 19.7. The summed E-state index contributed by atoms with van der Waals surface area (Å²) in [5.41, 5.74) is 2.67. The van der Waals surface area contributed by atoms with Crippen LogP contribution < -0.4 is 0 Å². The van der Waals surface area contributed by atoms with Gasteiger partial charge in [0.1, 0.15) is 11.5 Å². The molecule has 0 radical (unpaired) electrons. The molecule has 2 aromatic carbocycles. The fraction of sp³-hybridized carbons (Fsp3) is 0.480. The van der Waals surface area contributed by atoms with Crippen molar-refractivity contribution in [3.05, 3.63) is 53.1 Å². The number of Topliss-reactive ketones (excluding diaryl/α,β-unsaturated/α-hetero) is 1. The molecule has 0 amide bonds. The van der Waals surface area contributed by atoms with Crippen molar-refractivity contribution in [2.45, 2.75) is 57.5 Å². The van der Waals surface area contributed by atoms with Gasteiger partial charge in [-0.2, -0.15) is 13.2 Å². The molecular formula is C25H25F3O2. The van der Waals surface area contributed by atoms with Gasteiger partial charge in [-0.3, -0.25) is 4.79 Å². The van der Waals surface area contributed by atoms with E-state index in [0.717, 1.165) is 49.8 Å². The number of rotatable bonds is 1. The van der Waals surface area contributed by atoms with Gasteiger partial charge in [-0.1, -0.05) is 25.1 Å². The van der Waals surface area contributed by atoms with Crippen LogP contribution in [0.2, 0.25) is 0 Å². The number of carbonyl (C=O) groups excluding carboxylic acids is 1. The number of phenols is 1. The van der Waals surface area contributed by atoms with E-state index in [1.165, 1.54) is 17.7 Å². The molecule has 30 heavy (non-hydrogen) atoms. The van der Waals surface area contributed by atoms with Crippen LogP contribution >= 0.6 is 0 Å². The maximum atomic E-state index is 13.0. The molecule has 2 nitrogen and oxygen atoms in total. The largest absolute Gasteiger partial charge is 0.507 e. The highest BCUT2D eigenvalue weighted by Gasteiger charge is 2.54. The summed E-state index contributed by atoms with van der Waals surface area (Å²) >= 11 is 0. The molecule has 158 valence electrons. The molecule has 1 N–H and O–H groups in total. The number of benzene rings is 2. The molecule has 0 heterocycles. The zero-order valence-corrected chi connectivity index (χ0v) is 16.9. The Balaban J connectivity index is 1.54. The molecular weight excluding hydrogens is 389 g/mol. The van der Waals surface area contributed by atoms with Crippen molar-refractivity contribution in [2.24, 2.45) is 17.3 Å². The van der Waals surface area contributed by atoms with Crippen LogP contribution in [0, 0.1) is 17.3 Å². The number of hydrogen-bond acceptors (Lipinski definition) is 2. The van der Waals surface area contributed by atoms with E-state index in [2.05, 4.69) is 6.92 Å². The van der Waals surface area contributed by atoms with Gasteiger partial charge in [0.05, 0.1) is 5.56 Å². The van der Waals surface area contributed by atoms with Gasteiger partial charge in [0, 0.05) is 17.4 Å². The van der Waals surface area contributed by atoms with Crippen molar-refractivity contribution < 1.29 is 23.1 Å². The summed E-state index contributed by atoms with van der Waals surface area (Å²) in [6.45, 7) is 2.14. The molecule has 2 fully saturated rings. The van der Waals surface area contributed by atoms with Gasteiger partial charge >= 0.3 is 6.18 Å². The lowest BCUT2D eigenvalue weighted by Gasteiger charge is -2.48. The standard InChI is InChI=1S/C25H25F3O2/c1-24-13-12-17-16-8-10-21(29)23(14-2-4-15(5-3-14)25(26,27)28)19(16)7-6-18(17)20(24)9-11-22(24)30/h2-5,8,10,17-18,20,29H,6-7,9,11-13H2,1H3/t17-,18-,20+,24+/m1/s1. The van der Waals surface area contributed by atoms with Crippen LogP contribution in [0.4, 0.5) is 13.2 Å². The lowest BCUT2D eigenvalue weighted by molar-refractivity contribution is -0.137. The average molecular weight is 414 g/mol. The van der Waals surface area contributed by atoms with E-state index in [1.54, 1.807) is 6.07 Å². The molecule has 3 aliphatic carbocycles. The minimum absolute atomic E-state index is 0.114. The number of carbonyl (C=O) groups is 1. The number of hydrogen-bond donors (Lipinski definition) is 1. The molecule has 3 aliphatic rings. The predicted molar refractivity (Wildman–Crippen MR) is 108 cm³/mol. The monoisotopic (exact) mass is 414 g/mol. The Labute approximate surface area is 174 Å². The highest BCUT2D eigenvalue weighted by atomic mass is 19.4. The number of halogens is 3. The first-order valence-corrected chi connectivity index (χ1v) is 10.8. The normalized spacial score (nSPS) is 30.5. The summed E-state index contributed by atoms with van der Waals surface area (Å²) in [6.07, 6.45) is 0.863. The molecule has 0 spiro atoms. The van der Waals surface area contributed by atoms with Gasteiger partial charge in [-0.05, 0) is 84.7 Å². The maximum absolute atomic E-state index is 13.0. The second-order valence-electron chi connectivity index (χ2n) is 9.44. The Hall–Kier alpha value is -2.30. The third kappa shape index (κ3) is 2.81. The van der Waals surface area contributed by atoms with Gasteiger partial charge < -0.3 is 5.11 Å². The number of ketones is 1. The zero-order valence-electron chi connectivity index (χ0n) is 16.9. The van der Waals surface area contributed by atoms with E-state index < -0.39 is 11.7 Å². The summed E-state index contributed by atoms with van der Waals surface area (Å²) in [4.78, 5) is 12.5. The first-order valence-electron chi connectivity index (χ1n) is 10.8. The molecule has 2 saturated carbocycles. The Bertz CT molecular complexity index is 1010. The van der Waals surface area contributed by atoms with E-state index in [4.69, 9.17) is 0 Å². The van der Waals surface area contributed by atoms with E-state index in [9.17, 15) is 23.1 Å². The van der Waals surface area contributed by atoms with Crippen LogP contribution in [0.15, 0.2) is 36.4 Å². The van der Waals surface area contributed by atoms with Crippen molar-refractivity contribution in [3.63, 3.8) is 0 Å². The van der Waals surface area contributed by atoms with Crippen LogP contribution in [-0.2, 0) is 17.4 Å². The van der Waals surface area contributed by atoms with Gasteiger partial charge in [-0.15, -0.1) is 0 Å². The van der Waals surface area contributed by atoms with Crippen LogP contribution in [0.5, 0.6) is 5.75 Å². The van der Waals surface area contributed by atoms with Crippen molar-refractivity contribution in [1.82, 2.24) is 0 Å². The topological polar surface area (TPSA) is 37.3 Å². The quantitative estimate of drug-likeness (QED) is 0.578. The minimum Gasteiger partial charge on any atom is -0.507 e. The lowest BCUT2D eigenvalue weighted by Crippen LogP contribution is -2.42. The van der Waals surface area contributed by atoms with Crippen LogP contribution in [0.1, 0.15) is 61.6 Å². The molecule has 5 rings (SSSR count). The van der Waals surface area contributed by atoms with Gasteiger partial charge in [0.25, 0.3) is 0 Å². The summed E-state index contributed by atoms with van der Waals surface area (Å²) in [5.74, 6) is 1.76. The van der Waals surface area contributed by atoms with E-state index in [-0.39, 0.29) is 11.2 Å². The van der Waals surface area contributed by atoms with E-state index in [0.29, 0.717) is 41.1 Å².